The first-order valence-electron chi connectivity index (χ1n) is 9.05. The number of methoxy groups -OCH3 is 3. The van der Waals surface area contributed by atoms with Gasteiger partial charge in [-0.15, -0.1) is 0 Å². The molecule has 0 unspecified atom stereocenters. The monoisotopic (exact) mass is 444 g/mol. The van der Waals surface area contributed by atoms with Crippen LogP contribution in [-0.2, 0) is 14.6 Å². The van der Waals surface area contributed by atoms with Gasteiger partial charge in [-0.3, -0.25) is 4.79 Å². The van der Waals surface area contributed by atoms with Crippen molar-refractivity contribution >= 4 is 32.7 Å². The number of hydrogen-bond donors (Lipinski definition) is 0. The molecule has 0 atom stereocenters. The van der Waals surface area contributed by atoms with E-state index in [9.17, 15) is 18.0 Å². The Balaban J connectivity index is 1.89. The molecule has 3 rings (SSSR count). The van der Waals surface area contributed by atoms with Gasteiger partial charge in [-0.25, -0.2) is 13.2 Å². The zero-order valence-corrected chi connectivity index (χ0v) is 17.9. The van der Waals surface area contributed by atoms with Gasteiger partial charge in [0.2, 0.25) is 0 Å². The first-order valence-corrected chi connectivity index (χ1v) is 10.7. The first-order chi connectivity index (χ1) is 14.8. The molecule has 0 radical (unpaired) electrons. The Morgan fingerprint density at radius 2 is 1.65 bits per heavy atom. The van der Waals surface area contributed by atoms with E-state index < -0.39 is 31.9 Å². The third-order valence-corrected chi connectivity index (χ3v) is 6.08. The lowest BCUT2D eigenvalue weighted by molar-refractivity contribution is -0.112. The number of fused-ring (bicyclic) bond motifs is 1. The van der Waals surface area contributed by atoms with Crippen molar-refractivity contribution in [2.24, 2.45) is 0 Å². The van der Waals surface area contributed by atoms with Gasteiger partial charge in [0.15, 0.2) is 20.5 Å². The lowest BCUT2D eigenvalue weighted by atomic mass is 10.2. The van der Waals surface area contributed by atoms with Crippen LogP contribution in [0, 0.1) is 0 Å². The Morgan fingerprint density at radius 1 is 0.968 bits per heavy atom. The number of rotatable bonds is 8. The van der Waals surface area contributed by atoms with E-state index in [0.717, 1.165) is 12.1 Å². The summed E-state index contributed by atoms with van der Waals surface area (Å²) in [6, 6.07) is 11.0. The van der Waals surface area contributed by atoms with Crippen molar-refractivity contribution < 1.29 is 31.8 Å². The third-order valence-electron chi connectivity index (χ3n) is 4.46. The van der Waals surface area contributed by atoms with Gasteiger partial charge in [-0.1, -0.05) is 18.2 Å². The van der Waals surface area contributed by atoms with Crippen molar-refractivity contribution in [1.29, 1.82) is 0 Å². The van der Waals surface area contributed by atoms with Crippen molar-refractivity contribution in [3.8, 4) is 17.2 Å². The Morgan fingerprint density at radius 3 is 2.26 bits per heavy atom. The summed E-state index contributed by atoms with van der Waals surface area (Å²) in [4.78, 5) is 24.0. The summed E-state index contributed by atoms with van der Waals surface area (Å²) in [5.41, 5.74) is -0.281. The van der Waals surface area contributed by atoms with E-state index in [1.54, 1.807) is 24.3 Å². The molecule has 0 aliphatic carbocycles. The van der Waals surface area contributed by atoms with Gasteiger partial charge in [0.1, 0.15) is 28.6 Å². The summed E-state index contributed by atoms with van der Waals surface area (Å²) >= 11 is 0. The van der Waals surface area contributed by atoms with E-state index in [-0.39, 0.29) is 16.7 Å². The number of ether oxygens (including phenoxy) is 3. The molecule has 0 spiro atoms. The van der Waals surface area contributed by atoms with E-state index in [2.05, 4.69) is 0 Å². The first kappa shape index (κ1) is 22.1. The third kappa shape index (κ3) is 4.95. The van der Waals surface area contributed by atoms with Gasteiger partial charge in [0.25, 0.3) is 0 Å². The second kappa shape index (κ2) is 9.05. The van der Waals surface area contributed by atoms with Crippen LogP contribution in [0.25, 0.3) is 17.0 Å². The Labute approximate surface area is 178 Å². The van der Waals surface area contributed by atoms with Crippen molar-refractivity contribution in [3.05, 3.63) is 64.5 Å². The quantitative estimate of drug-likeness (QED) is 0.385. The van der Waals surface area contributed by atoms with E-state index in [1.165, 1.54) is 39.5 Å². The van der Waals surface area contributed by atoms with Crippen LogP contribution in [0.15, 0.2) is 62.6 Å². The highest BCUT2D eigenvalue weighted by atomic mass is 32.2. The van der Waals surface area contributed by atoms with Gasteiger partial charge < -0.3 is 18.6 Å². The van der Waals surface area contributed by atoms with Crippen LogP contribution in [0.3, 0.4) is 0 Å². The molecule has 2 aromatic carbocycles. The Hall–Kier alpha value is -3.59. The molecule has 1 aromatic heterocycles. The van der Waals surface area contributed by atoms with Crippen LogP contribution < -0.4 is 19.8 Å². The number of carbonyl (C=O) groups is 1. The van der Waals surface area contributed by atoms with Crippen molar-refractivity contribution in [2.75, 3.05) is 27.1 Å². The summed E-state index contributed by atoms with van der Waals surface area (Å²) in [5, 5.41) is 0.266. The molecule has 0 saturated carbocycles. The smallest absolute Gasteiger partial charge is 0.355 e. The SMILES string of the molecule is COc1ccc(/C=C/C(=O)CS(=O)(=O)c2cc3c(OC)cc(OC)cc3oc2=O)cc1. The van der Waals surface area contributed by atoms with Crippen molar-refractivity contribution in [1.82, 2.24) is 0 Å². The molecule has 162 valence electrons. The largest absolute Gasteiger partial charge is 0.497 e. The minimum atomic E-state index is -4.25. The Bertz CT molecular complexity index is 1300. The molecular weight excluding hydrogens is 424 g/mol. The molecule has 0 fully saturated rings. The summed E-state index contributed by atoms with van der Waals surface area (Å²) in [6.45, 7) is 0. The molecule has 0 bridgehead atoms. The second-order valence-corrected chi connectivity index (χ2v) is 8.43. The van der Waals surface area contributed by atoms with E-state index in [0.29, 0.717) is 17.1 Å². The molecule has 0 N–H and O–H groups in total. The fraction of sp³-hybridized carbons (Fsp3) is 0.182. The average molecular weight is 444 g/mol. The summed E-state index contributed by atoms with van der Waals surface area (Å²) in [7, 11) is 0.108. The Kier molecular flexibility index (Phi) is 6.45. The molecule has 3 aromatic rings. The second-order valence-electron chi connectivity index (χ2n) is 6.47. The summed E-state index contributed by atoms with van der Waals surface area (Å²) in [6.07, 6.45) is 2.63. The highest BCUT2D eigenvalue weighted by Crippen LogP contribution is 2.31. The molecule has 1 heterocycles. The van der Waals surface area contributed by atoms with Crippen LogP contribution in [0.4, 0.5) is 0 Å². The topological polar surface area (TPSA) is 109 Å². The predicted molar refractivity (Wildman–Crippen MR) is 115 cm³/mol. The van der Waals surface area contributed by atoms with E-state index >= 15 is 0 Å². The minimum Gasteiger partial charge on any atom is -0.497 e. The summed E-state index contributed by atoms with van der Waals surface area (Å²) < 4.78 is 46.0. The van der Waals surface area contributed by atoms with Crippen LogP contribution in [0.2, 0.25) is 0 Å². The fourth-order valence-corrected chi connectivity index (χ4v) is 4.08. The number of benzene rings is 2. The number of ketones is 1. The predicted octanol–water partition coefficient (Wildman–Crippen LogP) is 2.88. The van der Waals surface area contributed by atoms with Gasteiger partial charge in [-0.2, -0.15) is 0 Å². The van der Waals surface area contributed by atoms with Crippen molar-refractivity contribution in [3.63, 3.8) is 0 Å². The van der Waals surface area contributed by atoms with Crippen LogP contribution in [0.5, 0.6) is 17.2 Å². The lowest BCUT2D eigenvalue weighted by Crippen LogP contribution is -2.21. The molecule has 0 aliphatic heterocycles. The normalized spacial score (nSPS) is 11.6. The number of hydrogen-bond acceptors (Lipinski definition) is 8. The highest BCUT2D eigenvalue weighted by molar-refractivity contribution is 7.92. The molecule has 8 nitrogen and oxygen atoms in total. The molecule has 31 heavy (non-hydrogen) atoms. The molecule has 0 aliphatic rings. The standard InChI is InChI=1S/C22H20O8S/c1-27-16-8-5-14(6-9-16)4-7-15(23)13-31(25,26)21-12-18-19(29-3)10-17(28-2)11-20(18)30-22(21)24/h4-12H,13H2,1-3H3/b7-4+. The fourth-order valence-electron chi connectivity index (χ4n) is 2.86. The minimum absolute atomic E-state index is 0.103. The maximum atomic E-state index is 12.7. The van der Waals surface area contributed by atoms with Gasteiger partial charge in [0.05, 0.1) is 26.7 Å². The zero-order valence-electron chi connectivity index (χ0n) is 17.1. The van der Waals surface area contributed by atoms with E-state index in [1.807, 2.05) is 0 Å². The van der Waals surface area contributed by atoms with Gasteiger partial charge in [0, 0.05) is 12.1 Å². The van der Waals surface area contributed by atoms with Gasteiger partial charge in [-0.05, 0) is 29.8 Å². The molecule has 0 saturated heterocycles. The van der Waals surface area contributed by atoms with E-state index in [4.69, 9.17) is 18.6 Å². The van der Waals surface area contributed by atoms with Crippen LogP contribution in [0.1, 0.15) is 5.56 Å². The number of allylic oxidation sites excluding steroid dienone is 1. The molecule has 9 heteroatoms. The maximum absolute atomic E-state index is 12.7. The highest BCUT2D eigenvalue weighted by Gasteiger charge is 2.24. The maximum Gasteiger partial charge on any atom is 0.355 e. The summed E-state index contributed by atoms with van der Waals surface area (Å²) in [5.74, 6) is -0.268. The van der Waals surface area contributed by atoms with Gasteiger partial charge >= 0.3 is 5.63 Å². The van der Waals surface area contributed by atoms with Crippen molar-refractivity contribution in [2.45, 2.75) is 4.90 Å². The zero-order chi connectivity index (χ0) is 22.6. The number of sulfone groups is 1. The molecular formula is C22H20O8S. The van der Waals surface area contributed by atoms with Crippen LogP contribution in [-0.4, -0.2) is 41.3 Å². The van der Waals surface area contributed by atoms with Crippen LogP contribution >= 0.6 is 0 Å². The lowest BCUT2D eigenvalue weighted by Gasteiger charge is -2.09. The number of carbonyl (C=O) groups excluding carboxylic acids is 1. The average Bonchev–Trinajstić information content (AvgIpc) is 2.76. The molecule has 0 amide bonds.